The van der Waals surface area contributed by atoms with Crippen molar-refractivity contribution in [3.63, 3.8) is 0 Å². The van der Waals surface area contributed by atoms with E-state index in [2.05, 4.69) is 0 Å². The third-order valence-corrected chi connectivity index (χ3v) is 3.61. The van der Waals surface area contributed by atoms with Gasteiger partial charge in [0.15, 0.2) is 11.5 Å². The van der Waals surface area contributed by atoms with Gasteiger partial charge in [0.1, 0.15) is 13.2 Å². The zero-order chi connectivity index (χ0) is 12.6. The predicted octanol–water partition coefficient (Wildman–Crippen LogP) is 1.84. The lowest BCUT2D eigenvalue weighted by molar-refractivity contribution is -0.142. The Balaban J connectivity index is 1.77. The van der Waals surface area contributed by atoms with Crippen molar-refractivity contribution >= 4 is 0 Å². The summed E-state index contributed by atoms with van der Waals surface area (Å²) in [4.78, 5) is 0. The van der Waals surface area contributed by atoms with Crippen LogP contribution in [0, 0.1) is 0 Å². The first-order valence-corrected chi connectivity index (χ1v) is 6.45. The first-order valence-electron chi connectivity index (χ1n) is 6.45. The fourth-order valence-corrected chi connectivity index (χ4v) is 2.62. The maximum atomic E-state index is 10.5. The van der Waals surface area contributed by atoms with E-state index >= 15 is 0 Å². The zero-order valence-corrected chi connectivity index (χ0v) is 10.5. The molecule has 4 nitrogen and oxygen atoms in total. The molecular weight excluding hydrogens is 232 g/mol. The van der Waals surface area contributed by atoms with Crippen molar-refractivity contribution in [2.75, 3.05) is 19.8 Å². The third-order valence-electron chi connectivity index (χ3n) is 3.61. The molecule has 0 amide bonds. The number of hydrogen-bond acceptors (Lipinski definition) is 4. The fraction of sp³-hybridized carbons (Fsp3) is 0.571. The van der Waals surface area contributed by atoms with Crippen LogP contribution >= 0.6 is 0 Å². The second-order valence-corrected chi connectivity index (χ2v) is 4.88. The van der Waals surface area contributed by atoms with Crippen molar-refractivity contribution in [2.24, 2.45) is 0 Å². The van der Waals surface area contributed by atoms with E-state index < -0.39 is 5.60 Å². The lowest BCUT2D eigenvalue weighted by atomic mass is 9.72. The second-order valence-electron chi connectivity index (χ2n) is 4.88. The van der Waals surface area contributed by atoms with Gasteiger partial charge in [0.25, 0.3) is 0 Å². The Labute approximate surface area is 106 Å². The van der Waals surface area contributed by atoms with Crippen molar-refractivity contribution in [3.05, 3.63) is 23.8 Å². The quantitative estimate of drug-likeness (QED) is 0.889. The Bertz CT molecular complexity index is 437. The summed E-state index contributed by atoms with van der Waals surface area (Å²) >= 11 is 0. The Morgan fingerprint density at radius 2 is 2.00 bits per heavy atom. The van der Waals surface area contributed by atoms with Gasteiger partial charge >= 0.3 is 0 Å². The van der Waals surface area contributed by atoms with Crippen molar-refractivity contribution in [2.45, 2.75) is 31.5 Å². The minimum absolute atomic E-state index is 0.174. The van der Waals surface area contributed by atoms with Gasteiger partial charge < -0.3 is 19.3 Å². The van der Waals surface area contributed by atoms with E-state index in [-0.39, 0.29) is 6.10 Å². The highest BCUT2D eigenvalue weighted by Gasteiger charge is 2.45. The monoisotopic (exact) mass is 250 g/mol. The van der Waals surface area contributed by atoms with Crippen LogP contribution in [0.15, 0.2) is 18.2 Å². The molecule has 1 aromatic carbocycles. The van der Waals surface area contributed by atoms with Crippen molar-refractivity contribution < 1.29 is 19.3 Å². The molecule has 4 heteroatoms. The van der Waals surface area contributed by atoms with E-state index in [1.54, 1.807) is 0 Å². The molecule has 0 bridgehead atoms. The standard InChI is InChI=1S/C14H18O4/c1-2-16-11-8-14(15,9-11)10-3-4-12-13(7-10)18-6-5-17-12/h3-4,7,11,15H,2,5-6,8-9H2,1H3. The van der Waals surface area contributed by atoms with Crippen molar-refractivity contribution in [1.29, 1.82) is 0 Å². The molecule has 0 unspecified atom stereocenters. The lowest BCUT2D eigenvalue weighted by Gasteiger charge is -2.43. The van der Waals surface area contributed by atoms with Crippen LogP contribution in [0.25, 0.3) is 0 Å². The maximum absolute atomic E-state index is 10.5. The topological polar surface area (TPSA) is 47.9 Å². The molecule has 0 saturated heterocycles. The normalized spacial score (nSPS) is 29.8. The van der Waals surface area contributed by atoms with Crippen LogP contribution in [0.1, 0.15) is 25.3 Å². The minimum atomic E-state index is -0.768. The molecule has 1 fully saturated rings. The highest BCUT2D eigenvalue weighted by atomic mass is 16.6. The van der Waals surface area contributed by atoms with Crippen LogP contribution in [0.4, 0.5) is 0 Å². The molecule has 2 aliphatic rings. The molecule has 1 saturated carbocycles. The van der Waals surface area contributed by atoms with E-state index in [0.717, 1.165) is 17.1 Å². The summed E-state index contributed by atoms with van der Waals surface area (Å²) in [6, 6.07) is 5.67. The zero-order valence-electron chi connectivity index (χ0n) is 10.5. The number of rotatable bonds is 3. The van der Waals surface area contributed by atoms with Crippen LogP contribution < -0.4 is 9.47 Å². The highest BCUT2D eigenvalue weighted by molar-refractivity contribution is 5.46. The summed E-state index contributed by atoms with van der Waals surface area (Å²) in [5.41, 5.74) is 0.123. The number of hydrogen-bond donors (Lipinski definition) is 1. The largest absolute Gasteiger partial charge is 0.486 e. The van der Waals surface area contributed by atoms with Crippen molar-refractivity contribution in [1.82, 2.24) is 0 Å². The lowest BCUT2D eigenvalue weighted by Crippen LogP contribution is -2.45. The van der Waals surface area contributed by atoms with Gasteiger partial charge in [-0.25, -0.2) is 0 Å². The van der Waals surface area contributed by atoms with Crippen LogP contribution in [0.5, 0.6) is 11.5 Å². The molecule has 0 atom stereocenters. The van der Waals surface area contributed by atoms with Gasteiger partial charge in [-0.3, -0.25) is 0 Å². The summed E-state index contributed by atoms with van der Waals surface area (Å²) in [6.07, 6.45) is 1.48. The van der Waals surface area contributed by atoms with Crippen LogP contribution in [-0.2, 0) is 10.3 Å². The first-order chi connectivity index (χ1) is 8.71. The molecule has 1 heterocycles. The molecule has 0 aromatic heterocycles. The van der Waals surface area contributed by atoms with E-state index in [0.29, 0.717) is 32.7 Å². The third kappa shape index (κ3) is 1.95. The molecule has 1 aliphatic carbocycles. The summed E-state index contributed by atoms with van der Waals surface area (Å²) in [7, 11) is 0. The molecule has 1 N–H and O–H groups in total. The number of benzene rings is 1. The molecule has 18 heavy (non-hydrogen) atoms. The van der Waals surface area contributed by atoms with Gasteiger partial charge in [-0.2, -0.15) is 0 Å². The van der Waals surface area contributed by atoms with E-state index in [1.165, 1.54) is 0 Å². The minimum Gasteiger partial charge on any atom is -0.486 e. The Hall–Kier alpha value is -1.26. The maximum Gasteiger partial charge on any atom is 0.161 e. The Morgan fingerprint density at radius 1 is 1.28 bits per heavy atom. The number of aliphatic hydroxyl groups is 1. The smallest absolute Gasteiger partial charge is 0.161 e. The number of fused-ring (bicyclic) bond motifs is 1. The Kier molecular flexibility index (Phi) is 2.92. The van der Waals surface area contributed by atoms with Crippen LogP contribution in [-0.4, -0.2) is 31.0 Å². The SMILES string of the molecule is CCOC1CC(O)(c2ccc3c(c2)OCCO3)C1. The van der Waals surface area contributed by atoms with Gasteiger partial charge in [-0.15, -0.1) is 0 Å². The molecule has 1 aliphatic heterocycles. The van der Waals surface area contributed by atoms with Crippen LogP contribution in [0.3, 0.4) is 0 Å². The summed E-state index contributed by atoms with van der Waals surface area (Å²) in [5, 5.41) is 10.5. The molecular formula is C14H18O4. The van der Waals surface area contributed by atoms with Gasteiger partial charge in [0, 0.05) is 19.4 Å². The Morgan fingerprint density at radius 3 is 2.72 bits per heavy atom. The van der Waals surface area contributed by atoms with Gasteiger partial charge in [-0.05, 0) is 24.6 Å². The summed E-state index contributed by atoms with van der Waals surface area (Å²) < 4.78 is 16.5. The van der Waals surface area contributed by atoms with Crippen molar-refractivity contribution in [3.8, 4) is 11.5 Å². The van der Waals surface area contributed by atoms with E-state index in [4.69, 9.17) is 14.2 Å². The molecule has 98 valence electrons. The highest BCUT2D eigenvalue weighted by Crippen LogP contribution is 2.45. The molecule has 0 spiro atoms. The average Bonchev–Trinajstić information content (AvgIpc) is 2.36. The number of ether oxygens (including phenoxy) is 3. The first kappa shape index (κ1) is 11.8. The van der Waals surface area contributed by atoms with Crippen LogP contribution in [0.2, 0.25) is 0 Å². The predicted molar refractivity (Wildman–Crippen MR) is 66.0 cm³/mol. The van der Waals surface area contributed by atoms with Gasteiger partial charge in [-0.1, -0.05) is 6.07 Å². The molecule has 3 rings (SSSR count). The summed E-state index contributed by atoms with van der Waals surface area (Å²) in [5.74, 6) is 1.49. The molecule has 0 radical (unpaired) electrons. The van der Waals surface area contributed by atoms with Gasteiger partial charge in [0.05, 0.1) is 11.7 Å². The molecule has 1 aromatic rings. The average molecular weight is 250 g/mol. The van der Waals surface area contributed by atoms with Gasteiger partial charge in [0.2, 0.25) is 0 Å². The fourth-order valence-electron chi connectivity index (χ4n) is 2.62. The second kappa shape index (κ2) is 4.44. The van der Waals surface area contributed by atoms with E-state index in [9.17, 15) is 5.11 Å². The van der Waals surface area contributed by atoms with E-state index in [1.807, 2.05) is 25.1 Å². The summed E-state index contributed by atoms with van der Waals surface area (Å²) in [6.45, 7) is 3.82.